The van der Waals surface area contributed by atoms with Gasteiger partial charge in [0.1, 0.15) is 11.5 Å². The molecule has 4 rings (SSSR count). The first-order chi connectivity index (χ1) is 14.2. The monoisotopic (exact) mass is 381 g/mol. The third kappa shape index (κ3) is 4.14. The fraction of sp³-hybridized carbons (Fsp3) is 0.115. The summed E-state index contributed by atoms with van der Waals surface area (Å²) in [7, 11) is 3.35. The number of rotatable bonds is 5. The van der Waals surface area contributed by atoms with Crippen molar-refractivity contribution in [3.8, 4) is 45.1 Å². The van der Waals surface area contributed by atoms with Gasteiger partial charge in [-0.15, -0.1) is 0 Å². The summed E-state index contributed by atoms with van der Waals surface area (Å²) in [5.41, 5.74) is 7.43. The van der Waals surface area contributed by atoms with Crippen LogP contribution in [0.15, 0.2) is 84.9 Å². The molecule has 0 saturated carbocycles. The van der Waals surface area contributed by atoms with Crippen molar-refractivity contribution < 1.29 is 9.47 Å². The van der Waals surface area contributed by atoms with E-state index in [0.29, 0.717) is 0 Å². The van der Waals surface area contributed by atoms with E-state index in [1.807, 2.05) is 42.5 Å². The van der Waals surface area contributed by atoms with Crippen molar-refractivity contribution in [2.45, 2.75) is 6.92 Å². The first-order valence-electron chi connectivity index (χ1n) is 9.54. The van der Waals surface area contributed by atoms with E-state index in [2.05, 4.69) is 49.4 Å². The number of hydrogen-bond donors (Lipinski definition) is 0. The number of aromatic nitrogens is 1. The highest BCUT2D eigenvalue weighted by atomic mass is 16.5. The highest BCUT2D eigenvalue weighted by molar-refractivity contribution is 5.77. The SMILES string of the molecule is COc1ccc(-c2cc(-c3ccc(C)cc3)cc(-c3cccc(OC)c3)n2)cc1. The zero-order valence-electron chi connectivity index (χ0n) is 16.8. The number of methoxy groups -OCH3 is 2. The van der Waals surface area contributed by atoms with Crippen LogP contribution in [0.4, 0.5) is 0 Å². The third-order valence-corrected chi connectivity index (χ3v) is 4.96. The van der Waals surface area contributed by atoms with Crippen LogP contribution in [-0.2, 0) is 0 Å². The molecule has 0 fully saturated rings. The lowest BCUT2D eigenvalue weighted by atomic mass is 9.99. The highest BCUT2D eigenvalue weighted by Gasteiger charge is 2.10. The molecule has 4 aromatic rings. The van der Waals surface area contributed by atoms with Crippen LogP contribution in [0.5, 0.6) is 11.5 Å². The van der Waals surface area contributed by atoms with Gasteiger partial charge in [0.2, 0.25) is 0 Å². The summed E-state index contributed by atoms with van der Waals surface area (Å²) >= 11 is 0. The summed E-state index contributed by atoms with van der Waals surface area (Å²) in [6.07, 6.45) is 0. The van der Waals surface area contributed by atoms with Gasteiger partial charge in [-0.05, 0) is 66.6 Å². The van der Waals surface area contributed by atoms with Gasteiger partial charge in [-0.3, -0.25) is 0 Å². The second-order valence-corrected chi connectivity index (χ2v) is 6.95. The van der Waals surface area contributed by atoms with Crippen molar-refractivity contribution in [1.82, 2.24) is 4.98 Å². The molecule has 0 atom stereocenters. The predicted molar refractivity (Wildman–Crippen MR) is 118 cm³/mol. The molecule has 144 valence electrons. The van der Waals surface area contributed by atoms with E-state index in [1.54, 1.807) is 14.2 Å². The van der Waals surface area contributed by atoms with E-state index in [9.17, 15) is 0 Å². The molecule has 1 heterocycles. The van der Waals surface area contributed by atoms with Gasteiger partial charge in [0, 0.05) is 11.1 Å². The van der Waals surface area contributed by atoms with Crippen LogP contribution in [0, 0.1) is 6.92 Å². The smallest absolute Gasteiger partial charge is 0.119 e. The maximum atomic E-state index is 5.40. The first kappa shape index (κ1) is 18.8. The number of benzene rings is 3. The van der Waals surface area contributed by atoms with E-state index in [-0.39, 0.29) is 0 Å². The molecule has 0 N–H and O–H groups in total. The van der Waals surface area contributed by atoms with E-state index in [4.69, 9.17) is 14.5 Å². The number of ether oxygens (including phenoxy) is 2. The minimum Gasteiger partial charge on any atom is -0.497 e. The van der Waals surface area contributed by atoms with Gasteiger partial charge in [-0.1, -0.05) is 42.0 Å². The Kier molecular flexibility index (Phi) is 5.30. The van der Waals surface area contributed by atoms with Crippen molar-refractivity contribution in [2.24, 2.45) is 0 Å². The van der Waals surface area contributed by atoms with Crippen LogP contribution in [-0.4, -0.2) is 19.2 Å². The number of pyridine rings is 1. The predicted octanol–water partition coefficient (Wildman–Crippen LogP) is 6.41. The van der Waals surface area contributed by atoms with Crippen molar-refractivity contribution in [3.63, 3.8) is 0 Å². The summed E-state index contributed by atoms with van der Waals surface area (Å²) in [4.78, 5) is 4.95. The summed E-state index contributed by atoms with van der Waals surface area (Å²) in [5.74, 6) is 1.65. The van der Waals surface area contributed by atoms with Crippen molar-refractivity contribution in [1.29, 1.82) is 0 Å². The Morgan fingerprint density at radius 1 is 0.552 bits per heavy atom. The van der Waals surface area contributed by atoms with Crippen molar-refractivity contribution in [3.05, 3.63) is 90.5 Å². The quantitative estimate of drug-likeness (QED) is 0.400. The molecule has 0 bridgehead atoms. The molecule has 0 unspecified atom stereocenters. The van der Waals surface area contributed by atoms with E-state index in [1.165, 1.54) is 5.56 Å². The lowest BCUT2D eigenvalue weighted by Crippen LogP contribution is -1.92. The molecule has 3 heteroatoms. The van der Waals surface area contributed by atoms with Crippen LogP contribution in [0.3, 0.4) is 0 Å². The lowest BCUT2D eigenvalue weighted by molar-refractivity contribution is 0.415. The first-order valence-corrected chi connectivity index (χ1v) is 9.54. The molecule has 0 spiro atoms. The summed E-state index contributed by atoms with van der Waals surface area (Å²) in [5, 5.41) is 0. The molecule has 0 radical (unpaired) electrons. The van der Waals surface area contributed by atoms with Gasteiger partial charge in [0.15, 0.2) is 0 Å². The molecule has 0 aliphatic rings. The zero-order valence-corrected chi connectivity index (χ0v) is 16.8. The second kappa shape index (κ2) is 8.19. The Bertz CT molecular complexity index is 1120. The molecule has 1 aromatic heterocycles. The van der Waals surface area contributed by atoms with Crippen LogP contribution >= 0.6 is 0 Å². The van der Waals surface area contributed by atoms with Crippen LogP contribution in [0.2, 0.25) is 0 Å². The second-order valence-electron chi connectivity index (χ2n) is 6.95. The standard InChI is InChI=1S/C26H23NO2/c1-18-7-9-19(10-8-18)22-16-25(20-11-13-23(28-2)14-12-20)27-26(17-22)21-5-4-6-24(15-21)29-3/h4-17H,1-3H3. The van der Waals surface area contributed by atoms with Gasteiger partial charge >= 0.3 is 0 Å². The number of nitrogens with zero attached hydrogens (tertiary/aromatic N) is 1. The topological polar surface area (TPSA) is 31.4 Å². The summed E-state index contributed by atoms with van der Waals surface area (Å²) < 4.78 is 10.7. The molecule has 0 saturated heterocycles. The van der Waals surface area contributed by atoms with Crippen LogP contribution in [0.1, 0.15) is 5.56 Å². The van der Waals surface area contributed by atoms with Gasteiger partial charge in [0.25, 0.3) is 0 Å². The summed E-state index contributed by atoms with van der Waals surface area (Å²) in [6, 6.07) is 28.8. The largest absolute Gasteiger partial charge is 0.497 e. The average Bonchev–Trinajstić information content (AvgIpc) is 2.79. The van der Waals surface area contributed by atoms with Crippen LogP contribution < -0.4 is 9.47 Å². The Hall–Kier alpha value is -3.59. The van der Waals surface area contributed by atoms with Crippen molar-refractivity contribution >= 4 is 0 Å². The molecule has 0 aliphatic heterocycles. The molecule has 29 heavy (non-hydrogen) atoms. The Balaban J connectivity index is 1.87. The Morgan fingerprint density at radius 2 is 1.17 bits per heavy atom. The summed E-state index contributed by atoms with van der Waals surface area (Å²) in [6.45, 7) is 2.10. The van der Waals surface area contributed by atoms with Gasteiger partial charge < -0.3 is 9.47 Å². The number of hydrogen-bond acceptors (Lipinski definition) is 3. The Labute approximate surface area is 171 Å². The minimum atomic E-state index is 0.816. The minimum absolute atomic E-state index is 0.816. The molecule has 0 aliphatic carbocycles. The van der Waals surface area contributed by atoms with Gasteiger partial charge in [-0.25, -0.2) is 4.98 Å². The normalized spacial score (nSPS) is 10.6. The fourth-order valence-electron chi connectivity index (χ4n) is 3.28. The number of aryl methyl sites for hydroxylation is 1. The van der Waals surface area contributed by atoms with E-state index >= 15 is 0 Å². The maximum Gasteiger partial charge on any atom is 0.119 e. The molecule has 0 amide bonds. The molecule has 3 aromatic carbocycles. The average molecular weight is 381 g/mol. The molecular formula is C26H23NO2. The zero-order chi connectivity index (χ0) is 20.2. The lowest BCUT2D eigenvalue weighted by Gasteiger charge is -2.11. The van der Waals surface area contributed by atoms with Gasteiger partial charge in [-0.2, -0.15) is 0 Å². The maximum absolute atomic E-state index is 5.40. The van der Waals surface area contributed by atoms with Crippen molar-refractivity contribution in [2.75, 3.05) is 14.2 Å². The Morgan fingerprint density at radius 3 is 1.83 bits per heavy atom. The highest BCUT2D eigenvalue weighted by Crippen LogP contribution is 2.32. The molecular weight excluding hydrogens is 358 g/mol. The molecule has 3 nitrogen and oxygen atoms in total. The van der Waals surface area contributed by atoms with Gasteiger partial charge in [0.05, 0.1) is 25.6 Å². The fourth-order valence-corrected chi connectivity index (χ4v) is 3.28. The van der Waals surface area contributed by atoms with E-state index in [0.717, 1.165) is 45.1 Å². The van der Waals surface area contributed by atoms with E-state index < -0.39 is 0 Å². The third-order valence-electron chi connectivity index (χ3n) is 4.96. The van der Waals surface area contributed by atoms with Crippen LogP contribution in [0.25, 0.3) is 33.6 Å².